The van der Waals surface area contributed by atoms with Crippen LogP contribution in [-0.4, -0.2) is 50.4 Å². The van der Waals surface area contributed by atoms with Crippen LogP contribution in [0, 0.1) is 0 Å². The molecule has 41 heavy (non-hydrogen) atoms. The number of esters is 1. The van der Waals surface area contributed by atoms with Crippen LogP contribution in [0.15, 0.2) is 48.5 Å². The number of quaternary nitrogens is 1. The molecule has 0 amide bonds. The highest BCUT2D eigenvalue weighted by Gasteiger charge is 2.58. The predicted octanol–water partition coefficient (Wildman–Crippen LogP) is 2.16. The van der Waals surface area contributed by atoms with E-state index in [4.69, 9.17) is 22.4 Å². The van der Waals surface area contributed by atoms with Crippen molar-refractivity contribution < 1.29 is 50.2 Å². The maximum atomic E-state index is 13.2. The largest absolute Gasteiger partial charge is 1.00 e. The van der Waals surface area contributed by atoms with Crippen molar-refractivity contribution in [2.75, 3.05) is 6.61 Å². The van der Waals surface area contributed by atoms with E-state index in [2.05, 4.69) is 30.0 Å². The zero-order valence-corrected chi connectivity index (χ0v) is 27.6. The topological polar surface area (TPSA) is 108 Å². The number of carbonyl (C=O) groups is 2. The van der Waals surface area contributed by atoms with E-state index in [1.165, 1.54) is 11.1 Å². The smallest absolute Gasteiger partial charge is 0.753 e. The Kier molecular flexibility index (Phi) is 11.4. The Bertz CT molecular complexity index is 1110. The minimum absolute atomic E-state index is 0. The van der Waals surface area contributed by atoms with Gasteiger partial charge in [0.25, 0.3) is 0 Å². The molecule has 1 aliphatic rings. The number of halogens is 1. The summed E-state index contributed by atoms with van der Waals surface area (Å²) in [6, 6.07) is 15.5. The molecule has 0 saturated heterocycles. The van der Waals surface area contributed by atoms with Crippen LogP contribution in [0.25, 0.3) is 11.1 Å². The van der Waals surface area contributed by atoms with Crippen molar-refractivity contribution in [3.05, 3.63) is 59.7 Å². The van der Waals surface area contributed by atoms with Crippen LogP contribution in [0.2, 0.25) is 0 Å². The van der Waals surface area contributed by atoms with E-state index in [-0.39, 0.29) is 37.8 Å². The Hall–Kier alpha value is -2.27. The zero-order valence-electron chi connectivity index (χ0n) is 25.8. The summed E-state index contributed by atoms with van der Waals surface area (Å²) in [5, 5.41) is 0. The highest BCUT2D eigenvalue weighted by atomic mass is 35.5. The molecule has 228 valence electrons. The second-order valence-corrected chi connectivity index (χ2v) is 15.0. The Morgan fingerprint density at radius 1 is 0.780 bits per heavy atom. The summed E-state index contributed by atoms with van der Waals surface area (Å²) in [7, 11) is -3.99. The van der Waals surface area contributed by atoms with Crippen molar-refractivity contribution in [1.29, 1.82) is 0 Å². The molecule has 8 nitrogen and oxygen atoms in total. The molecule has 0 heterocycles. The molecule has 0 unspecified atom stereocenters. The van der Waals surface area contributed by atoms with Gasteiger partial charge in [0.15, 0.2) is 6.04 Å². The van der Waals surface area contributed by atoms with Crippen LogP contribution in [0.1, 0.15) is 92.2 Å². The van der Waals surface area contributed by atoms with Gasteiger partial charge in [-0.1, -0.05) is 48.5 Å². The van der Waals surface area contributed by atoms with Crippen LogP contribution >= 0.6 is 0 Å². The van der Waals surface area contributed by atoms with Gasteiger partial charge in [0, 0.05) is 12.3 Å². The molecule has 1 atom stereocenters. The van der Waals surface area contributed by atoms with Crippen molar-refractivity contribution in [3.8, 4) is 11.1 Å². The van der Waals surface area contributed by atoms with Gasteiger partial charge in [0.1, 0.15) is 6.61 Å². The predicted molar refractivity (Wildman–Crippen MR) is 155 cm³/mol. The van der Waals surface area contributed by atoms with E-state index < -0.39 is 43.8 Å². The molecule has 0 radical (unpaired) electrons. The molecule has 10 heteroatoms. The van der Waals surface area contributed by atoms with E-state index in [1.54, 1.807) is 0 Å². The van der Waals surface area contributed by atoms with Crippen LogP contribution < -0.4 is 18.1 Å². The third kappa shape index (κ3) is 10.2. The first kappa shape index (κ1) is 34.9. The quantitative estimate of drug-likeness (QED) is 0.326. The molecular weight excluding hydrogens is 562 g/mol. The lowest BCUT2D eigenvalue weighted by Gasteiger charge is -2.40. The monoisotopic (exact) mass is 607 g/mol. The van der Waals surface area contributed by atoms with Crippen molar-refractivity contribution in [3.63, 3.8) is 0 Å². The highest BCUT2D eigenvalue weighted by Crippen LogP contribution is 2.44. The highest BCUT2D eigenvalue weighted by molar-refractivity contribution is 6.56. The average Bonchev–Trinajstić information content (AvgIpc) is 3.11. The summed E-state index contributed by atoms with van der Waals surface area (Å²) in [5.41, 5.74) is 6.46. The maximum Gasteiger partial charge on any atom is 0.753 e. The van der Waals surface area contributed by atoms with Gasteiger partial charge in [-0.2, -0.15) is 0 Å². The number of benzene rings is 2. The standard InChI is InChI=1S/C31H45NO7Si.ClH/c1-29(2,3)37-40(38-30(4,5)6,39-31(7,8)9)36-28(34)26(32)18-19-27(33)35-20-25-23-16-12-10-14-21(23)22-15-11-13-17-24(22)25;/h10-17,25-26H,18-20,32H2,1-9H3;1H/t26-;/m1./s1. The van der Waals surface area contributed by atoms with E-state index in [0.29, 0.717) is 0 Å². The molecular formula is C31H46ClNO7Si. The lowest BCUT2D eigenvalue weighted by Crippen LogP contribution is -3.00. The normalized spacial score (nSPS) is 14.5. The first-order chi connectivity index (χ1) is 18.4. The van der Waals surface area contributed by atoms with Crippen molar-refractivity contribution >= 4 is 21.0 Å². The van der Waals surface area contributed by atoms with Gasteiger partial charge in [0.2, 0.25) is 0 Å². The van der Waals surface area contributed by atoms with Crippen molar-refractivity contribution in [2.24, 2.45) is 0 Å². The number of hydrogen-bond donors (Lipinski definition) is 1. The summed E-state index contributed by atoms with van der Waals surface area (Å²) >= 11 is 0. The lowest BCUT2D eigenvalue weighted by molar-refractivity contribution is -0.409. The van der Waals surface area contributed by atoms with Gasteiger partial charge in [-0.25, -0.2) is 4.79 Å². The van der Waals surface area contributed by atoms with Gasteiger partial charge in [-0.05, 0) is 84.6 Å². The molecule has 2 aromatic carbocycles. The van der Waals surface area contributed by atoms with Crippen LogP contribution in [-0.2, 0) is 32.0 Å². The summed E-state index contributed by atoms with van der Waals surface area (Å²) in [6.07, 6.45) is 0.175. The first-order valence-electron chi connectivity index (χ1n) is 13.9. The van der Waals surface area contributed by atoms with Gasteiger partial charge in [-0.3, -0.25) is 4.79 Å². The van der Waals surface area contributed by atoms with Gasteiger partial charge in [0.05, 0.1) is 23.2 Å². The fraction of sp³-hybridized carbons (Fsp3) is 0.548. The van der Waals surface area contributed by atoms with Crippen molar-refractivity contribution in [1.82, 2.24) is 0 Å². The van der Waals surface area contributed by atoms with Gasteiger partial charge in [-0.15, -0.1) is 0 Å². The fourth-order valence-corrected chi connectivity index (χ4v) is 7.47. The summed E-state index contributed by atoms with van der Waals surface area (Å²) in [4.78, 5) is 26.0. The zero-order chi connectivity index (χ0) is 29.9. The third-order valence-corrected chi connectivity index (χ3v) is 8.96. The van der Waals surface area contributed by atoms with E-state index in [1.807, 2.05) is 86.6 Å². The van der Waals surface area contributed by atoms with Crippen LogP contribution in [0.3, 0.4) is 0 Å². The van der Waals surface area contributed by atoms with Gasteiger partial charge >= 0.3 is 21.0 Å². The lowest BCUT2D eigenvalue weighted by atomic mass is 9.98. The number of hydrogen-bond acceptors (Lipinski definition) is 7. The summed E-state index contributed by atoms with van der Waals surface area (Å²) in [6.45, 7) is 16.8. The minimum Gasteiger partial charge on any atom is -1.00 e. The second kappa shape index (κ2) is 13.4. The van der Waals surface area contributed by atoms with E-state index in [9.17, 15) is 9.59 Å². The fourth-order valence-electron chi connectivity index (χ4n) is 4.55. The van der Waals surface area contributed by atoms with Crippen molar-refractivity contribution in [2.45, 2.75) is 104 Å². The average molecular weight is 608 g/mol. The maximum absolute atomic E-state index is 13.2. The Morgan fingerprint density at radius 3 is 1.61 bits per heavy atom. The number of fused-ring (bicyclic) bond motifs is 3. The number of rotatable bonds is 10. The molecule has 0 saturated carbocycles. The SMILES string of the molecule is CC(C)(C)O[Si](OC(=O)[C@H]([NH3+])CCC(=O)OCC1c2ccccc2-c2ccccc21)(OC(C)(C)C)OC(C)(C)C.[Cl-]. The molecule has 0 spiro atoms. The molecule has 2 aromatic rings. The first-order valence-corrected chi connectivity index (χ1v) is 15.5. The van der Waals surface area contributed by atoms with Crippen LogP contribution in [0.4, 0.5) is 0 Å². The molecule has 0 aliphatic heterocycles. The van der Waals surface area contributed by atoms with Crippen LogP contribution in [0.5, 0.6) is 0 Å². The summed E-state index contributed by atoms with van der Waals surface area (Å²) in [5.74, 6) is -1.06. The summed E-state index contributed by atoms with van der Waals surface area (Å²) < 4.78 is 30.2. The molecule has 3 rings (SSSR count). The molecule has 0 bridgehead atoms. The second-order valence-electron chi connectivity index (χ2n) is 13.2. The Labute approximate surface area is 252 Å². The Morgan fingerprint density at radius 2 is 1.20 bits per heavy atom. The third-order valence-electron chi connectivity index (χ3n) is 5.92. The minimum atomic E-state index is -3.99. The molecule has 3 N–H and O–H groups in total. The van der Waals surface area contributed by atoms with E-state index >= 15 is 0 Å². The molecule has 0 fully saturated rings. The van der Waals surface area contributed by atoms with Gasteiger partial charge < -0.3 is 40.6 Å². The Balaban J connectivity index is 0.00000588. The number of ether oxygens (including phenoxy) is 1. The molecule has 1 aliphatic carbocycles. The number of carbonyl (C=O) groups excluding carboxylic acids is 2. The van der Waals surface area contributed by atoms with E-state index in [0.717, 1.165) is 11.1 Å². The molecule has 0 aromatic heterocycles.